The van der Waals surface area contributed by atoms with Crippen molar-refractivity contribution in [2.24, 2.45) is 0 Å². The Morgan fingerprint density at radius 2 is 0.600 bits per heavy atom. The predicted molar refractivity (Wildman–Crippen MR) is 80.3 cm³/mol. The van der Waals surface area contributed by atoms with Crippen LogP contribution in [0.5, 0.6) is 0 Å². The molecule has 2 heteroatoms. The van der Waals surface area contributed by atoms with Gasteiger partial charge in [0.2, 0.25) is 0 Å². The zero-order chi connectivity index (χ0) is 13.2. The maximum Gasteiger partial charge on any atom is 3.00 e. The van der Waals surface area contributed by atoms with Crippen LogP contribution < -0.4 is 0 Å². The normalized spacial score (nSPS) is 7.95. The first-order valence-electron chi connectivity index (χ1n) is 6.23. The van der Waals surface area contributed by atoms with Gasteiger partial charge in [-0.05, 0) is 0 Å². The van der Waals surface area contributed by atoms with E-state index in [2.05, 4.69) is 57.2 Å². The van der Waals surface area contributed by atoms with E-state index in [4.69, 9.17) is 0 Å². The topological polar surface area (TPSA) is 0 Å². The molecular weight excluding hydrogens is 394 g/mol. The third-order valence-corrected chi connectivity index (χ3v) is 2.49. The van der Waals surface area contributed by atoms with E-state index in [-0.39, 0.29) is 65.4 Å². The standard InChI is InChI=1S/3C6H7.2Y/c3*1-6-4-2-3-5-6;;/h3*2-5H,1H3;;/q3*-1;;+3. The molecule has 99 valence electrons. The summed E-state index contributed by atoms with van der Waals surface area (Å²) in [7, 11) is 0. The van der Waals surface area contributed by atoms with E-state index in [0.29, 0.717) is 0 Å². The molecule has 0 amide bonds. The molecule has 0 aliphatic heterocycles. The maximum atomic E-state index is 2.08. The summed E-state index contributed by atoms with van der Waals surface area (Å²) in [5.41, 5.74) is 4.03. The molecule has 0 N–H and O–H groups in total. The summed E-state index contributed by atoms with van der Waals surface area (Å²) in [5, 5.41) is 0. The molecule has 0 aromatic heterocycles. The fourth-order valence-electron chi connectivity index (χ4n) is 1.41. The molecule has 3 aromatic rings. The van der Waals surface area contributed by atoms with Gasteiger partial charge in [0.15, 0.2) is 0 Å². The van der Waals surface area contributed by atoms with Crippen LogP contribution in [0.1, 0.15) is 16.7 Å². The van der Waals surface area contributed by atoms with Crippen molar-refractivity contribution in [2.75, 3.05) is 0 Å². The van der Waals surface area contributed by atoms with E-state index in [1.165, 1.54) is 16.7 Å². The number of hydrogen-bond donors (Lipinski definition) is 0. The second kappa shape index (κ2) is 14.2. The smallest absolute Gasteiger partial charge is 0.213 e. The van der Waals surface area contributed by atoms with Gasteiger partial charge in [0.1, 0.15) is 0 Å². The molecule has 3 rings (SSSR count). The molecule has 0 bridgehead atoms. The van der Waals surface area contributed by atoms with Crippen molar-refractivity contribution in [1.29, 1.82) is 0 Å². The predicted octanol–water partition coefficient (Wildman–Crippen LogP) is 5.14. The van der Waals surface area contributed by atoms with Crippen LogP contribution in [0.3, 0.4) is 0 Å². The van der Waals surface area contributed by atoms with Gasteiger partial charge in [-0.3, -0.25) is 0 Å². The summed E-state index contributed by atoms with van der Waals surface area (Å²) < 4.78 is 0. The average molecular weight is 415 g/mol. The molecular formula is C18H21Y2. The summed E-state index contributed by atoms with van der Waals surface area (Å²) in [6, 6.07) is 24.7. The fraction of sp³-hybridized carbons (Fsp3) is 0.167. The second-order valence-electron chi connectivity index (χ2n) is 4.39. The Bertz CT molecular complexity index is 397. The summed E-state index contributed by atoms with van der Waals surface area (Å²) in [6.45, 7) is 6.25. The quantitative estimate of drug-likeness (QED) is 0.447. The minimum Gasteiger partial charge on any atom is -0.213 e. The van der Waals surface area contributed by atoms with E-state index < -0.39 is 0 Å². The Kier molecular flexibility index (Phi) is 16.0. The van der Waals surface area contributed by atoms with Crippen LogP contribution in [0.25, 0.3) is 0 Å². The molecule has 20 heavy (non-hydrogen) atoms. The van der Waals surface area contributed by atoms with Gasteiger partial charge in [0.25, 0.3) is 0 Å². The van der Waals surface area contributed by atoms with Crippen molar-refractivity contribution in [2.45, 2.75) is 20.8 Å². The van der Waals surface area contributed by atoms with E-state index in [1.54, 1.807) is 0 Å². The Morgan fingerprint density at radius 3 is 0.650 bits per heavy atom. The Morgan fingerprint density at radius 1 is 0.450 bits per heavy atom. The van der Waals surface area contributed by atoms with Crippen LogP contribution in [0.2, 0.25) is 0 Å². The van der Waals surface area contributed by atoms with Gasteiger partial charge in [0.05, 0.1) is 0 Å². The first-order valence-corrected chi connectivity index (χ1v) is 6.23. The maximum absolute atomic E-state index is 2.08. The van der Waals surface area contributed by atoms with E-state index in [1.807, 2.05) is 36.4 Å². The second-order valence-corrected chi connectivity index (χ2v) is 4.39. The zero-order valence-corrected chi connectivity index (χ0v) is 18.3. The van der Waals surface area contributed by atoms with Crippen LogP contribution in [0.15, 0.2) is 72.8 Å². The molecule has 0 heterocycles. The van der Waals surface area contributed by atoms with E-state index >= 15 is 0 Å². The van der Waals surface area contributed by atoms with Crippen molar-refractivity contribution in [3.05, 3.63) is 89.5 Å². The summed E-state index contributed by atoms with van der Waals surface area (Å²) in [4.78, 5) is 0. The van der Waals surface area contributed by atoms with E-state index in [0.717, 1.165) is 0 Å². The van der Waals surface area contributed by atoms with Crippen molar-refractivity contribution in [3.63, 3.8) is 0 Å². The van der Waals surface area contributed by atoms with Crippen molar-refractivity contribution >= 4 is 0 Å². The van der Waals surface area contributed by atoms with Gasteiger partial charge >= 0.3 is 32.7 Å². The molecule has 1 radical (unpaired) electrons. The van der Waals surface area contributed by atoms with Crippen molar-refractivity contribution < 1.29 is 65.4 Å². The third-order valence-electron chi connectivity index (χ3n) is 2.49. The molecule has 0 fully saturated rings. The van der Waals surface area contributed by atoms with Crippen LogP contribution in [-0.2, 0) is 65.4 Å². The number of hydrogen-bond acceptors (Lipinski definition) is 0. The summed E-state index contributed by atoms with van der Waals surface area (Å²) in [6.07, 6.45) is 0. The zero-order valence-electron chi connectivity index (χ0n) is 12.6. The Hall–Kier alpha value is 0.258. The molecule has 0 aliphatic carbocycles. The monoisotopic (exact) mass is 415 g/mol. The molecule has 0 aliphatic rings. The van der Waals surface area contributed by atoms with Gasteiger partial charge in [-0.15, -0.1) is 0 Å². The van der Waals surface area contributed by atoms with Crippen molar-refractivity contribution in [1.82, 2.24) is 0 Å². The molecule has 0 saturated carbocycles. The fourth-order valence-corrected chi connectivity index (χ4v) is 1.41. The SMILES string of the molecule is C[c-]1cccc1.C[c-]1cccc1.C[c-]1cccc1.[Y+3].[Y]. The van der Waals surface area contributed by atoms with Gasteiger partial charge in [-0.25, -0.2) is 36.4 Å². The van der Waals surface area contributed by atoms with Gasteiger partial charge in [0, 0.05) is 32.7 Å². The first kappa shape index (κ1) is 22.5. The molecule has 0 atom stereocenters. The van der Waals surface area contributed by atoms with Crippen LogP contribution in [0.4, 0.5) is 0 Å². The minimum absolute atomic E-state index is 0. The largest absolute Gasteiger partial charge is 3.00 e. The van der Waals surface area contributed by atoms with Gasteiger partial charge in [-0.2, -0.15) is 53.1 Å². The van der Waals surface area contributed by atoms with Gasteiger partial charge < -0.3 is 0 Å². The van der Waals surface area contributed by atoms with Crippen LogP contribution in [-0.4, -0.2) is 0 Å². The number of aryl methyl sites for hydroxylation is 3. The Balaban J connectivity index is 0. The minimum atomic E-state index is 0. The first-order chi connectivity index (χ1) is 8.68. The average Bonchev–Trinajstić information content (AvgIpc) is 3.05. The van der Waals surface area contributed by atoms with Gasteiger partial charge in [-0.1, -0.05) is 20.8 Å². The summed E-state index contributed by atoms with van der Waals surface area (Å²) >= 11 is 0. The Labute approximate surface area is 173 Å². The third kappa shape index (κ3) is 12.0. The van der Waals surface area contributed by atoms with Crippen molar-refractivity contribution in [3.8, 4) is 0 Å². The molecule has 0 nitrogen and oxygen atoms in total. The molecule has 0 spiro atoms. The van der Waals surface area contributed by atoms with E-state index in [9.17, 15) is 0 Å². The molecule has 3 aromatic carbocycles. The molecule has 0 unspecified atom stereocenters. The number of rotatable bonds is 0. The van der Waals surface area contributed by atoms with Crippen LogP contribution in [0, 0.1) is 20.8 Å². The van der Waals surface area contributed by atoms with Crippen LogP contribution >= 0.6 is 0 Å². The molecule has 0 saturated heterocycles. The summed E-state index contributed by atoms with van der Waals surface area (Å²) in [5.74, 6) is 0.